The molecule has 0 spiro atoms. The third-order valence-corrected chi connectivity index (χ3v) is 4.22. The third-order valence-electron chi connectivity index (χ3n) is 4.22. The Kier molecular flexibility index (Phi) is 6.82. The summed E-state index contributed by atoms with van der Waals surface area (Å²) in [6.45, 7) is 3.79. The van der Waals surface area contributed by atoms with Crippen LogP contribution in [0, 0.1) is 13.8 Å². The predicted molar refractivity (Wildman–Crippen MR) is 102 cm³/mol. The van der Waals surface area contributed by atoms with Gasteiger partial charge < -0.3 is 19.9 Å². The van der Waals surface area contributed by atoms with E-state index in [0.29, 0.717) is 23.5 Å². The molecule has 1 unspecified atom stereocenters. The average Bonchev–Trinajstić information content (AvgIpc) is 2.63. The van der Waals surface area contributed by atoms with Gasteiger partial charge in [-0.05, 0) is 43.5 Å². The van der Waals surface area contributed by atoms with E-state index in [-0.39, 0.29) is 12.3 Å². The van der Waals surface area contributed by atoms with E-state index in [1.807, 2.05) is 32.0 Å². The molecule has 144 valence electrons. The fourth-order valence-corrected chi connectivity index (χ4v) is 2.99. The zero-order valence-corrected chi connectivity index (χ0v) is 16.0. The van der Waals surface area contributed by atoms with Gasteiger partial charge in [0.05, 0.1) is 14.2 Å². The van der Waals surface area contributed by atoms with E-state index in [2.05, 4.69) is 5.32 Å². The third kappa shape index (κ3) is 5.48. The minimum atomic E-state index is -1.08. The van der Waals surface area contributed by atoms with E-state index in [1.165, 1.54) is 0 Å². The Morgan fingerprint density at radius 2 is 1.63 bits per heavy atom. The molecule has 0 saturated carbocycles. The van der Waals surface area contributed by atoms with Gasteiger partial charge in [0.1, 0.15) is 0 Å². The number of carbonyl (C=O) groups excluding carboxylic acids is 1. The summed E-state index contributed by atoms with van der Waals surface area (Å²) in [5, 5.41) is 12.1. The maximum absolute atomic E-state index is 12.3. The van der Waals surface area contributed by atoms with E-state index in [0.717, 1.165) is 16.7 Å². The number of aryl methyl sites for hydroxylation is 3. The van der Waals surface area contributed by atoms with Crippen LogP contribution in [0.15, 0.2) is 36.4 Å². The first-order chi connectivity index (χ1) is 12.8. The van der Waals surface area contributed by atoms with Crippen molar-refractivity contribution in [3.05, 3.63) is 58.7 Å². The minimum Gasteiger partial charge on any atom is -0.493 e. The molecule has 1 atom stereocenters. The molecule has 2 aromatic rings. The molecule has 2 aromatic carbocycles. The zero-order valence-electron chi connectivity index (χ0n) is 16.0. The SMILES string of the molecule is COc1ccc(CCC(=O)NC(C(=O)O)c2cc(C)cc(C)c2)cc1OC. The van der Waals surface area contributed by atoms with Crippen molar-refractivity contribution >= 4 is 11.9 Å². The molecule has 2 N–H and O–H groups in total. The number of ether oxygens (including phenoxy) is 2. The van der Waals surface area contributed by atoms with Crippen LogP contribution in [-0.4, -0.2) is 31.2 Å². The maximum Gasteiger partial charge on any atom is 0.330 e. The summed E-state index contributed by atoms with van der Waals surface area (Å²) in [6.07, 6.45) is 0.634. The Hall–Kier alpha value is -3.02. The Morgan fingerprint density at radius 1 is 1.00 bits per heavy atom. The summed E-state index contributed by atoms with van der Waals surface area (Å²) in [7, 11) is 3.11. The van der Waals surface area contributed by atoms with Crippen LogP contribution < -0.4 is 14.8 Å². The Bertz CT molecular complexity index is 811. The van der Waals surface area contributed by atoms with Gasteiger partial charge in [-0.3, -0.25) is 4.79 Å². The van der Waals surface area contributed by atoms with Crippen LogP contribution in [0.3, 0.4) is 0 Å². The van der Waals surface area contributed by atoms with Crippen LogP contribution in [0.25, 0.3) is 0 Å². The predicted octanol–water partition coefficient (Wildman–Crippen LogP) is 3.20. The molecule has 0 aliphatic heterocycles. The van der Waals surface area contributed by atoms with Crippen molar-refractivity contribution in [2.75, 3.05) is 14.2 Å². The lowest BCUT2D eigenvalue weighted by molar-refractivity contribution is -0.142. The molecule has 6 nitrogen and oxygen atoms in total. The molecule has 27 heavy (non-hydrogen) atoms. The molecule has 0 aromatic heterocycles. The number of benzene rings is 2. The summed E-state index contributed by atoms with van der Waals surface area (Å²) in [4.78, 5) is 24.0. The van der Waals surface area contributed by atoms with Gasteiger partial charge in [0.25, 0.3) is 0 Å². The molecule has 6 heteroatoms. The number of nitrogens with one attached hydrogen (secondary N) is 1. The first-order valence-corrected chi connectivity index (χ1v) is 8.65. The average molecular weight is 371 g/mol. The van der Waals surface area contributed by atoms with E-state index in [4.69, 9.17) is 9.47 Å². The highest BCUT2D eigenvalue weighted by molar-refractivity contribution is 5.84. The fourth-order valence-electron chi connectivity index (χ4n) is 2.99. The summed E-state index contributed by atoms with van der Waals surface area (Å²) in [5.41, 5.74) is 3.38. The van der Waals surface area contributed by atoms with Gasteiger partial charge in [0.2, 0.25) is 5.91 Å². The first kappa shape index (κ1) is 20.3. The summed E-state index contributed by atoms with van der Waals surface area (Å²) in [5.74, 6) is -0.198. The lowest BCUT2D eigenvalue weighted by atomic mass is 10.0. The number of carbonyl (C=O) groups is 2. The highest BCUT2D eigenvalue weighted by atomic mass is 16.5. The van der Waals surface area contributed by atoms with E-state index in [1.54, 1.807) is 32.4 Å². The number of aliphatic carboxylic acids is 1. The molecular weight excluding hydrogens is 346 g/mol. The van der Waals surface area contributed by atoms with Gasteiger partial charge in [-0.2, -0.15) is 0 Å². The quantitative estimate of drug-likeness (QED) is 0.744. The first-order valence-electron chi connectivity index (χ1n) is 8.65. The second-order valence-electron chi connectivity index (χ2n) is 6.45. The lowest BCUT2D eigenvalue weighted by Crippen LogP contribution is -2.34. The monoisotopic (exact) mass is 371 g/mol. The van der Waals surface area contributed by atoms with Crippen molar-refractivity contribution in [2.24, 2.45) is 0 Å². The number of methoxy groups -OCH3 is 2. The van der Waals surface area contributed by atoms with Crippen LogP contribution in [0.1, 0.15) is 34.7 Å². The molecule has 0 saturated heterocycles. The summed E-state index contributed by atoms with van der Waals surface area (Å²) < 4.78 is 10.5. The van der Waals surface area contributed by atoms with Crippen LogP contribution in [0.4, 0.5) is 0 Å². The number of rotatable bonds is 8. The number of hydrogen-bond donors (Lipinski definition) is 2. The van der Waals surface area contributed by atoms with Crippen molar-refractivity contribution in [2.45, 2.75) is 32.7 Å². The number of carboxylic acids is 1. The number of hydrogen-bond acceptors (Lipinski definition) is 4. The Balaban J connectivity index is 2.05. The lowest BCUT2D eigenvalue weighted by Gasteiger charge is -2.16. The van der Waals surface area contributed by atoms with Crippen molar-refractivity contribution in [3.63, 3.8) is 0 Å². The Labute approximate surface area is 159 Å². The van der Waals surface area contributed by atoms with Gasteiger partial charge in [-0.25, -0.2) is 4.79 Å². The van der Waals surface area contributed by atoms with Gasteiger partial charge in [0.15, 0.2) is 17.5 Å². The molecule has 0 bridgehead atoms. The standard InChI is InChI=1S/C21H25NO5/c1-13-9-14(2)11-16(10-13)20(21(24)25)22-19(23)8-6-15-5-7-17(26-3)18(12-15)27-4/h5,7,9-12,20H,6,8H2,1-4H3,(H,22,23)(H,24,25). The normalized spacial score (nSPS) is 11.6. The molecule has 1 amide bonds. The fraction of sp³-hybridized carbons (Fsp3) is 0.333. The van der Waals surface area contributed by atoms with E-state index < -0.39 is 12.0 Å². The topological polar surface area (TPSA) is 84.9 Å². The van der Waals surface area contributed by atoms with Gasteiger partial charge in [0, 0.05) is 6.42 Å². The van der Waals surface area contributed by atoms with Gasteiger partial charge in [-0.15, -0.1) is 0 Å². The molecule has 0 radical (unpaired) electrons. The molecular formula is C21H25NO5. The van der Waals surface area contributed by atoms with Crippen LogP contribution in [-0.2, 0) is 16.0 Å². The highest BCUT2D eigenvalue weighted by Crippen LogP contribution is 2.28. The van der Waals surface area contributed by atoms with E-state index >= 15 is 0 Å². The largest absolute Gasteiger partial charge is 0.493 e. The highest BCUT2D eigenvalue weighted by Gasteiger charge is 2.22. The van der Waals surface area contributed by atoms with Gasteiger partial charge >= 0.3 is 5.97 Å². The summed E-state index contributed by atoms with van der Waals surface area (Å²) >= 11 is 0. The van der Waals surface area contributed by atoms with Crippen LogP contribution in [0.5, 0.6) is 11.5 Å². The molecule has 0 aliphatic rings. The van der Waals surface area contributed by atoms with Crippen molar-refractivity contribution in [1.82, 2.24) is 5.32 Å². The molecule has 0 fully saturated rings. The smallest absolute Gasteiger partial charge is 0.330 e. The van der Waals surface area contributed by atoms with Crippen LogP contribution in [0.2, 0.25) is 0 Å². The molecule has 0 heterocycles. The molecule has 2 rings (SSSR count). The van der Waals surface area contributed by atoms with Crippen LogP contribution >= 0.6 is 0 Å². The molecule has 0 aliphatic carbocycles. The van der Waals surface area contributed by atoms with Crippen molar-refractivity contribution in [3.8, 4) is 11.5 Å². The van der Waals surface area contributed by atoms with E-state index in [9.17, 15) is 14.7 Å². The number of carboxylic acid groups (broad SMARTS) is 1. The summed E-state index contributed by atoms with van der Waals surface area (Å²) in [6, 6.07) is 9.89. The van der Waals surface area contributed by atoms with Crippen molar-refractivity contribution < 1.29 is 24.2 Å². The van der Waals surface area contributed by atoms with Crippen molar-refractivity contribution in [1.29, 1.82) is 0 Å². The zero-order chi connectivity index (χ0) is 20.0. The second-order valence-corrected chi connectivity index (χ2v) is 6.45. The second kappa shape index (κ2) is 9.07. The minimum absolute atomic E-state index is 0.171. The maximum atomic E-state index is 12.3. The number of amides is 1. The Morgan fingerprint density at radius 3 is 2.19 bits per heavy atom. The van der Waals surface area contributed by atoms with Gasteiger partial charge in [-0.1, -0.05) is 35.4 Å².